The summed E-state index contributed by atoms with van der Waals surface area (Å²) in [4.78, 5) is 14.9. The number of ether oxygens (including phenoxy) is 1. The summed E-state index contributed by atoms with van der Waals surface area (Å²) in [5, 5.41) is 12.1. The van der Waals surface area contributed by atoms with Crippen molar-refractivity contribution in [2.75, 3.05) is 18.2 Å². The minimum atomic E-state index is -1.03. The number of carboxylic acid groups (broad SMARTS) is 1. The van der Waals surface area contributed by atoms with Crippen LogP contribution in [0.3, 0.4) is 0 Å². The summed E-state index contributed by atoms with van der Waals surface area (Å²) in [5.74, 6) is -0.508. The van der Waals surface area contributed by atoms with Crippen molar-refractivity contribution in [2.45, 2.75) is 32.4 Å². The van der Waals surface area contributed by atoms with Crippen LogP contribution in [0, 0.1) is 5.41 Å². The molecule has 0 aromatic carbocycles. The predicted molar refractivity (Wildman–Crippen MR) is 72.2 cm³/mol. The van der Waals surface area contributed by atoms with E-state index < -0.39 is 5.97 Å². The second-order valence-electron chi connectivity index (χ2n) is 5.45. The molecule has 2 unspecified atom stereocenters. The number of rotatable bonds is 4. The zero-order valence-corrected chi connectivity index (χ0v) is 11.3. The molecule has 1 aromatic rings. The van der Waals surface area contributed by atoms with Gasteiger partial charge in [0.1, 0.15) is 5.82 Å². The molecule has 104 valence electrons. The van der Waals surface area contributed by atoms with Gasteiger partial charge in [0.05, 0.1) is 17.4 Å². The Morgan fingerprint density at radius 1 is 1.63 bits per heavy atom. The number of nitrogens with zero attached hydrogens (tertiary/aromatic N) is 1. The Hall–Kier alpha value is -1.82. The fourth-order valence-electron chi connectivity index (χ4n) is 2.41. The number of aromatic nitrogens is 1. The maximum atomic E-state index is 10.8. The van der Waals surface area contributed by atoms with Crippen LogP contribution in [0.4, 0.5) is 11.5 Å². The quantitative estimate of drug-likeness (QED) is 0.764. The van der Waals surface area contributed by atoms with E-state index in [4.69, 9.17) is 15.6 Å². The van der Waals surface area contributed by atoms with E-state index in [9.17, 15) is 4.79 Å². The number of anilines is 2. The number of hydrogen-bond donors (Lipinski definition) is 3. The topological polar surface area (TPSA) is 97.5 Å². The maximum absolute atomic E-state index is 10.8. The fraction of sp³-hybridized carbons (Fsp3) is 0.538. The zero-order valence-electron chi connectivity index (χ0n) is 11.3. The summed E-state index contributed by atoms with van der Waals surface area (Å²) >= 11 is 0. The van der Waals surface area contributed by atoms with Crippen LogP contribution in [0.1, 0.15) is 30.6 Å². The highest BCUT2D eigenvalue weighted by Crippen LogP contribution is 2.44. The molecule has 0 radical (unpaired) electrons. The van der Waals surface area contributed by atoms with Gasteiger partial charge in [0.2, 0.25) is 0 Å². The summed E-state index contributed by atoms with van der Waals surface area (Å²) in [6.45, 7) is 4.23. The number of hydrogen-bond acceptors (Lipinski definition) is 5. The van der Waals surface area contributed by atoms with Crippen LogP contribution in [0.15, 0.2) is 12.3 Å². The molecule has 6 heteroatoms. The molecule has 0 spiro atoms. The van der Waals surface area contributed by atoms with Gasteiger partial charge >= 0.3 is 5.97 Å². The molecule has 19 heavy (non-hydrogen) atoms. The summed E-state index contributed by atoms with van der Waals surface area (Å²) in [5.41, 5.74) is 6.25. The molecule has 1 heterocycles. The third-order valence-corrected chi connectivity index (χ3v) is 3.94. The molecule has 0 aliphatic heterocycles. The molecule has 2 rings (SSSR count). The molecule has 4 N–H and O–H groups in total. The standard InChI is InChI=1S/C13H19N3O3/c1-13(2)9(5-10(13)19-3)16-11-8(14)4-7(6-15-11)12(17)18/h4,6,9-10H,5,14H2,1-3H3,(H,15,16)(H,17,18). The maximum Gasteiger partial charge on any atom is 0.337 e. The van der Waals surface area contributed by atoms with Gasteiger partial charge in [-0.2, -0.15) is 0 Å². The lowest BCUT2D eigenvalue weighted by Crippen LogP contribution is -2.57. The summed E-state index contributed by atoms with van der Waals surface area (Å²) < 4.78 is 5.38. The number of nitrogens with one attached hydrogen (secondary N) is 1. The Morgan fingerprint density at radius 3 is 2.79 bits per heavy atom. The van der Waals surface area contributed by atoms with E-state index in [2.05, 4.69) is 24.1 Å². The number of carbonyl (C=O) groups is 1. The molecule has 1 aliphatic rings. The van der Waals surface area contributed by atoms with Crippen LogP contribution in [-0.2, 0) is 4.74 Å². The lowest BCUT2D eigenvalue weighted by Gasteiger charge is -2.51. The van der Waals surface area contributed by atoms with Crippen LogP contribution in [0.2, 0.25) is 0 Å². The fourth-order valence-corrected chi connectivity index (χ4v) is 2.41. The number of methoxy groups -OCH3 is 1. The van der Waals surface area contributed by atoms with Crippen molar-refractivity contribution in [3.63, 3.8) is 0 Å². The van der Waals surface area contributed by atoms with E-state index in [0.717, 1.165) is 6.42 Å². The smallest absolute Gasteiger partial charge is 0.337 e. The van der Waals surface area contributed by atoms with Crippen molar-refractivity contribution < 1.29 is 14.6 Å². The van der Waals surface area contributed by atoms with Crippen LogP contribution in [0.25, 0.3) is 0 Å². The first-order chi connectivity index (χ1) is 8.86. The van der Waals surface area contributed by atoms with Crippen molar-refractivity contribution >= 4 is 17.5 Å². The minimum Gasteiger partial charge on any atom is -0.478 e. The number of aromatic carboxylic acids is 1. The average Bonchev–Trinajstić information content (AvgIpc) is 2.35. The van der Waals surface area contributed by atoms with E-state index in [1.165, 1.54) is 12.3 Å². The molecule has 1 aliphatic carbocycles. The zero-order chi connectivity index (χ0) is 14.2. The van der Waals surface area contributed by atoms with Crippen molar-refractivity contribution in [1.29, 1.82) is 0 Å². The number of pyridine rings is 1. The largest absolute Gasteiger partial charge is 0.478 e. The predicted octanol–water partition coefficient (Wildman–Crippen LogP) is 1.59. The number of nitrogens with two attached hydrogens (primary N) is 1. The molecule has 6 nitrogen and oxygen atoms in total. The van der Waals surface area contributed by atoms with Gasteiger partial charge in [-0.05, 0) is 12.5 Å². The number of carboxylic acids is 1. The molecular weight excluding hydrogens is 246 g/mol. The Balaban J connectivity index is 2.11. The van der Waals surface area contributed by atoms with E-state index in [0.29, 0.717) is 11.5 Å². The lowest BCUT2D eigenvalue weighted by molar-refractivity contribution is -0.0795. The number of nitrogen functional groups attached to an aromatic ring is 1. The van der Waals surface area contributed by atoms with Crippen LogP contribution < -0.4 is 11.1 Å². The second kappa shape index (κ2) is 4.70. The van der Waals surface area contributed by atoms with Gasteiger partial charge in [0, 0.05) is 24.8 Å². The summed E-state index contributed by atoms with van der Waals surface area (Å²) in [6, 6.07) is 1.62. The van der Waals surface area contributed by atoms with Gasteiger partial charge < -0.3 is 20.9 Å². The molecular formula is C13H19N3O3. The van der Waals surface area contributed by atoms with Gasteiger partial charge in [-0.15, -0.1) is 0 Å². The summed E-state index contributed by atoms with van der Waals surface area (Å²) in [6.07, 6.45) is 2.40. The van der Waals surface area contributed by atoms with Crippen molar-refractivity contribution in [2.24, 2.45) is 5.41 Å². The highest BCUT2D eigenvalue weighted by molar-refractivity contribution is 5.89. The highest BCUT2D eigenvalue weighted by Gasteiger charge is 2.48. The third-order valence-electron chi connectivity index (χ3n) is 3.94. The first kappa shape index (κ1) is 13.6. The van der Waals surface area contributed by atoms with Crippen LogP contribution in [-0.4, -0.2) is 35.3 Å². The monoisotopic (exact) mass is 265 g/mol. The van der Waals surface area contributed by atoms with E-state index >= 15 is 0 Å². The lowest BCUT2D eigenvalue weighted by atomic mass is 9.64. The molecule has 2 atom stereocenters. The molecule has 0 amide bonds. The van der Waals surface area contributed by atoms with Crippen molar-refractivity contribution in [1.82, 2.24) is 4.98 Å². The molecule has 1 fully saturated rings. The SMILES string of the molecule is COC1CC(Nc2ncc(C(=O)O)cc2N)C1(C)C. The molecule has 1 saturated carbocycles. The highest BCUT2D eigenvalue weighted by atomic mass is 16.5. The Kier molecular flexibility index (Phi) is 3.36. The minimum absolute atomic E-state index is 0.00562. The van der Waals surface area contributed by atoms with E-state index in [-0.39, 0.29) is 23.1 Å². The first-order valence-electron chi connectivity index (χ1n) is 6.14. The van der Waals surface area contributed by atoms with Gasteiger partial charge in [0.25, 0.3) is 0 Å². The Labute approximate surface area is 112 Å². The van der Waals surface area contributed by atoms with Crippen LogP contribution >= 0.6 is 0 Å². The summed E-state index contributed by atoms with van der Waals surface area (Å²) in [7, 11) is 1.71. The van der Waals surface area contributed by atoms with Crippen molar-refractivity contribution in [3.05, 3.63) is 17.8 Å². The van der Waals surface area contributed by atoms with E-state index in [1.54, 1.807) is 7.11 Å². The third kappa shape index (κ3) is 2.35. The van der Waals surface area contributed by atoms with E-state index in [1.807, 2.05) is 0 Å². The normalized spacial score (nSPS) is 24.6. The van der Waals surface area contributed by atoms with Gasteiger partial charge in [-0.25, -0.2) is 9.78 Å². The molecule has 0 bridgehead atoms. The van der Waals surface area contributed by atoms with Gasteiger partial charge in [-0.3, -0.25) is 0 Å². The Morgan fingerprint density at radius 2 is 2.32 bits per heavy atom. The molecule has 1 aromatic heterocycles. The Bertz CT molecular complexity index is 502. The van der Waals surface area contributed by atoms with Gasteiger partial charge in [-0.1, -0.05) is 13.8 Å². The second-order valence-corrected chi connectivity index (χ2v) is 5.45. The average molecular weight is 265 g/mol. The van der Waals surface area contributed by atoms with Crippen molar-refractivity contribution in [3.8, 4) is 0 Å². The van der Waals surface area contributed by atoms with Crippen LogP contribution in [0.5, 0.6) is 0 Å². The molecule has 0 saturated heterocycles. The van der Waals surface area contributed by atoms with Gasteiger partial charge in [0.15, 0.2) is 0 Å². The first-order valence-corrected chi connectivity index (χ1v) is 6.14.